The van der Waals surface area contributed by atoms with Crippen LogP contribution in [0.25, 0.3) is 0 Å². The van der Waals surface area contributed by atoms with E-state index in [0.717, 1.165) is 28.8 Å². The molecular formula is C26H33ClF3N3O4S. The Balaban J connectivity index is 2.23. The second kappa shape index (κ2) is 13.3. The number of benzene rings is 2. The van der Waals surface area contributed by atoms with Gasteiger partial charge in [-0.3, -0.25) is 13.9 Å². The van der Waals surface area contributed by atoms with Gasteiger partial charge in [0.2, 0.25) is 21.8 Å². The zero-order chi connectivity index (χ0) is 28.7. The van der Waals surface area contributed by atoms with Crippen molar-refractivity contribution < 1.29 is 31.2 Å². The summed E-state index contributed by atoms with van der Waals surface area (Å²) >= 11 is 6.28. The van der Waals surface area contributed by atoms with E-state index in [1.54, 1.807) is 31.2 Å². The second-order valence-electron chi connectivity index (χ2n) is 9.09. The fourth-order valence-corrected chi connectivity index (χ4v) is 4.85. The van der Waals surface area contributed by atoms with Crippen molar-refractivity contribution in [1.82, 2.24) is 10.2 Å². The number of halogens is 4. The van der Waals surface area contributed by atoms with E-state index in [1.165, 1.54) is 11.0 Å². The maximum Gasteiger partial charge on any atom is 0.416 e. The minimum absolute atomic E-state index is 0.0148. The SMILES string of the molecule is CCC(C)NC(=O)C(C)N(Cc1ccccc1Cl)C(=O)CCCN(c1cccc(C(F)(F)F)c1)S(C)(=O)=O. The molecule has 210 valence electrons. The Labute approximate surface area is 227 Å². The monoisotopic (exact) mass is 575 g/mol. The normalized spacial score (nSPS) is 13.5. The smallest absolute Gasteiger partial charge is 0.352 e. The van der Waals surface area contributed by atoms with Gasteiger partial charge in [-0.25, -0.2) is 8.42 Å². The zero-order valence-electron chi connectivity index (χ0n) is 21.8. The van der Waals surface area contributed by atoms with Crippen molar-refractivity contribution in [2.24, 2.45) is 0 Å². The lowest BCUT2D eigenvalue weighted by molar-refractivity contribution is -0.140. The lowest BCUT2D eigenvalue weighted by atomic mass is 10.1. The van der Waals surface area contributed by atoms with Gasteiger partial charge in [-0.15, -0.1) is 0 Å². The van der Waals surface area contributed by atoms with Gasteiger partial charge in [-0.1, -0.05) is 42.8 Å². The van der Waals surface area contributed by atoms with Gasteiger partial charge in [0.15, 0.2) is 0 Å². The molecule has 0 aliphatic carbocycles. The highest BCUT2D eigenvalue weighted by atomic mass is 35.5. The predicted octanol–water partition coefficient (Wildman–Crippen LogP) is 5.24. The van der Waals surface area contributed by atoms with Crippen LogP contribution in [-0.4, -0.2) is 50.0 Å². The van der Waals surface area contributed by atoms with E-state index < -0.39 is 33.7 Å². The number of rotatable bonds is 12. The van der Waals surface area contributed by atoms with Crippen LogP contribution in [0.5, 0.6) is 0 Å². The largest absolute Gasteiger partial charge is 0.416 e. The van der Waals surface area contributed by atoms with Gasteiger partial charge >= 0.3 is 6.18 Å². The van der Waals surface area contributed by atoms with Crippen LogP contribution in [0.4, 0.5) is 18.9 Å². The molecule has 0 heterocycles. The molecule has 38 heavy (non-hydrogen) atoms. The number of anilines is 1. The van der Waals surface area contributed by atoms with Crippen LogP contribution in [-0.2, 0) is 32.3 Å². The van der Waals surface area contributed by atoms with Crippen LogP contribution >= 0.6 is 11.6 Å². The fourth-order valence-electron chi connectivity index (χ4n) is 3.70. The van der Waals surface area contributed by atoms with E-state index >= 15 is 0 Å². The van der Waals surface area contributed by atoms with E-state index in [0.29, 0.717) is 17.0 Å². The second-order valence-corrected chi connectivity index (χ2v) is 11.4. The first kappa shape index (κ1) is 31.4. The Hall–Kier alpha value is -2.79. The number of nitrogens with zero attached hydrogens (tertiary/aromatic N) is 2. The van der Waals surface area contributed by atoms with Crippen LogP contribution in [0, 0.1) is 0 Å². The first-order valence-electron chi connectivity index (χ1n) is 12.1. The van der Waals surface area contributed by atoms with Crippen LogP contribution in [0.1, 0.15) is 51.2 Å². The van der Waals surface area contributed by atoms with Crippen molar-refractivity contribution in [2.75, 3.05) is 17.1 Å². The molecule has 2 unspecified atom stereocenters. The molecule has 12 heteroatoms. The summed E-state index contributed by atoms with van der Waals surface area (Å²) in [5.41, 5.74) is -0.497. The molecule has 0 bridgehead atoms. The molecule has 2 aromatic carbocycles. The van der Waals surface area contributed by atoms with Crippen molar-refractivity contribution in [3.05, 3.63) is 64.7 Å². The van der Waals surface area contributed by atoms with Gasteiger partial charge in [0.25, 0.3) is 0 Å². The highest BCUT2D eigenvalue weighted by Gasteiger charge is 2.32. The van der Waals surface area contributed by atoms with Crippen LogP contribution < -0.4 is 9.62 Å². The molecule has 1 N–H and O–H groups in total. The molecule has 0 spiro atoms. The van der Waals surface area contributed by atoms with Crippen molar-refractivity contribution >= 4 is 39.1 Å². The highest BCUT2D eigenvalue weighted by Crippen LogP contribution is 2.32. The fraction of sp³-hybridized carbons (Fsp3) is 0.462. The lowest BCUT2D eigenvalue weighted by Gasteiger charge is -2.30. The number of alkyl halides is 3. The Morgan fingerprint density at radius 2 is 1.74 bits per heavy atom. The van der Waals surface area contributed by atoms with Crippen LogP contribution in [0.3, 0.4) is 0 Å². The Morgan fingerprint density at radius 3 is 2.32 bits per heavy atom. The molecule has 0 aromatic heterocycles. The average molecular weight is 576 g/mol. The van der Waals surface area contributed by atoms with E-state index in [2.05, 4.69) is 5.32 Å². The maximum atomic E-state index is 13.3. The van der Waals surface area contributed by atoms with Crippen molar-refractivity contribution in [3.8, 4) is 0 Å². The molecule has 0 saturated carbocycles. The van der Waals surface area contributed by atoms with Gasteiger partial charge in [-0.2, -0.15) is 13.2 Å². The molecule has 2 atom stereocenters. The molecule has 2 rings (SSSR count). The number of hydrogen-bond acceptors (Lipinski definition) is 4. The molecule has 0 fully saturated rings. The van der Waals surface area contributed by atoms with Crippen molar-refractivity contribution in [3.63, 3.8) is 0 Å². The Morgan fingerprint density at radius 1 is 1.08 bits per heavy atom. The van der Waals surface area contributed by atoms with Crippen molar-refractivity contribution in [2.45, 2.75) is 64.8 Å². The standard InChI is InChI=1S/C26H33ClF3N3O4S/c1-5-18(2)31-25(35)19(3)32(17-20-10-6-7-13-23(20)27)24(34)14-9-15-33(38(4,36)37)22-12-8-11-21(16-22)26(28,29)30/h6-8,10-13,16,18-19H,5,9,14-15,17H2,1-4H3,(H,31,35). The molecule has 7 nitrogen and oxygen atoms in total. The van der Waals surface area contributed by atoms with E-state index in [4.69, 9.17) is 11.6 Å². The van der Waals surface area contributed by atoms with Gasteiger partial charge in [-0.05, 0) is 56.5 Å². The lowest BCUT2D eigenvalue weighted by Crippen LogP contribution is -2.49. The number of amides is 2. The third-order valence-electron chi connectivity index (χ3n) is 6.08. The molecular weight excluding hydrogens is 543 g/mol. The van der Waals surface area contributed by atoms with E-state index in [-0.39, 0.29) is 43.6 Å². The zero-order valence-corrected chi connectivity index (χ0v) is 23.3. The average Bonchev–Trinajstić information content (AvgIpc) is 2.84. The van der Waals surface area contributed by atoms with Gasteiger partial charge in [0.1, 0.15) is 6.04 Å². The molecule has 2 aromatic rings. The minimum Gasteiger partial charge on any atom is -0.352 e. The quantitative estimate of drug-likeness (QED) is 0.375. The Kier molecular flexibility index (Phi) is 11.0. The molecule has 2 amide bonds. The van der Waals surface area contributed by atoms with E-state index in [1.807, 2.05) is 13.8 Å². The topological polar surface area (TPSA) is 86.8 Å². The summed E-state index contributed by atoms with van der Waals surface area (Å²) in [4.78, 5) is 27.5. The first-order chi connectivity index (χ1) is 17.6. The summed E-state index contributed by atoms with van der Waals surface area (Å²) < 4.78 is 65.1. The van der Waals surface area contributed by atoms with E-state index in [9.17, 15) is 31.2 Å². The van der Waals surface area contributed by atoms with Gasteiger partial charge in [0.05, 0.1) is 17.5 Å². The number of nitrogens with one attached hydrogen (secondary N) is 1. The van der Waals surface area contributed by atoms with Crippen molar-refractivity contribution in [1.29, 1.82) is 0 Å². The number of carbonyl (C=O) groups is 2. The number of hydrogen-bond donors (Lipinski definition) is 1. The first-order valence-corrected chi connectivity index (χ1v) is 14.4. The number of sulfonamides is 1. The summed E-state index contributed by atoms with van der Waals surface area (Å²) in [6.07, 6.45) is -3.18. The predicted molar refractivity (Wildman–Crippen MR) is 142 cm³/mol. The Bertz CT molecular complexity index is 1220. The summed E-state index contributed by atoms with van der Waals surface area (Å²) in [5.74, 6) is -0.768. The van der Waals surface area contributed by atoms with Gasteiger partial charge < -0.3 is 10.2 Å². The third kappa shape index (κ3) is 8.90. The maximum absolute atomic E-state index is 13.3. The molecule has 0 saturated heterocycles. The van der Waals surface area contributed by atoms with Gasteiger partial charge in [0, 0.05) is 30.6 Å². The van der Waals surface area contributed by atoms with Crippen LogP contribution in [0.2, 0.25) is 5.02 Å². The highest BCUT2D eigenvalue weighted by molar-refractivity contribution is 7.92. The third-order valence-corrected chi connectivity index (χ3v) is 7.64. The number of carbonyl (C=O) groups excluding carboxylic acids is 2. The minimum atomic E-state index is -4.64. The summed E-state index contributed by atoms with van der Waals surface area (Å²) in [6.45, 7) is 5.19. The summed E-state index contributed by atoms with van der Waals surface area (Å²) in [5, 5.41) is 3.28. The summed E-state index contributed by atoms with van der Waals surface area (Å²) in [7, 11) is -3.94. The molecule has 0 radical (unpaired) electrons. The van der Waals surface area contributed by atoms with Crippen LogP contribution in [0.15, 0.2) is 48.5 Å². The summed E-state index contributed by atoms with van der Waals surface area (Å²) in [6, 6.07) is 9.97. The molecule has 0 aliphatic heterocycles. The molecule has 0 aliphatic rings.